The maximum Gasteiger partial charge on any atom is 0.326 e. The van der Waals surface area contributed by atoms with Gasteiger partial charge in [0.05, 0.1) is 0 Å². The first-order valence-corrected chi connectivity index (χ1v) is 6.09. The van der Waals surface area contributed by atoms with Gasteiger partial charge in [-0.25, -0.2) is 9.78 Å². The molecule has 1 aliphatic heterocycles. The van der Waals surface area contributed by atoms with E-state index >= 15 is 0 Å². The molecule has 1 fully saturated rings. The highest BCUT2D eigenvalue weighted by Gasteiger charge is 2.33. The summed E-state index contributed by atoms with van der Waals surface area (Å²) in [5, 5.41) is 9.14. The van der Waals surface area contributed by atoms with Crippen molar-refractivity contribution in [3.63, 3.8) is 0 Å². The smallest absolute Gasteiger partial charge is 0.326 e. The molecule has 0 spiro atoms. The maximum absolute atomic E-state index is 12.2. The number of hydrogen-bond acceptors (Lipinski definition) is 4. The van der Waals surface area contributed by atoms with Crippen LogP contribution in [0.2, 0.25) is 0 Å². The minimum absolute atomic E-state index is 0.0325. The average Bonchev–Trinajstić information content (AvgIpc) is 2.77. The SMILES string of the molecule is CC(C)n1ccnc(N2CCCC2C(=O)O)c1=O. The van der Waals surface area contributed by atoms with E-state index < -0.39 is 12.0 Å². The highest BCUT2D eigenvalue weighted by atomic mass is 16.4. The molecular weight excluding hydrogens is 234 g/mol. The number of rotatable bonds is 3. The Kier molecular flexibility index (Phi) is 3.36. The molecule has 1 aromatic heterocycles. The van der Waals surface area contributed by atoms with E-state index in [1.807, 2.05) is 13.8 Å². The molecule has 2 rings (SSSR count). The molecule has 98 valence electrons. The summed E-state index contributed by atoms with van der Waals surface area (Å²) in [6.07, 6.45) is 4.51. The quantitative estimate of drug-likeness (QED) is 0.863. The lowest BCUT2D eigenvalue weighted by atomic mass is 10.2. The van der Waals surface area contributed by atoms with Crippen LogP contribution in [0, 0.1) is 0 Å². The van der Waals surface area contributed by atoms with Crippen LogP contribution in [0.5, 0.6) is 0 Å². The molecule has 0 aliphatic carbocycles. The number of aliphatic carboxylic acids is 1. The molecule has 0 radical (unpaired) electrons. The van der Waals surface area contributed by atoms with E-state index in [2.05, 4.69) is 4.98 Å². The van der Waals surface area contributed by atoms with Crippen LogP contribution in [0.25, 0.3) is 0 Å². The summed E-state index contributed by atoms with van der Waals surface area (Å²) in [5.41, 5.74) is -0.222. The molecule has 0 bridgehead atoms. The fourth-order valence-electron chi connectivity index (χ4n) is 2.29. The minimum Gasteiger partial charge on any atom is -0.480 e. The van der Waals surface area contributed by atoms with E-state index in [-0.39, 0.29) is 17.4 Å². The van der Waals surface area contributed by atoms with Gasteiger partial charge in [0.25, 0.3) is 5.56 Å². The molecule has 0 saturated carbocycles. The second-order valence-electron chi connectivity index (χ2n) is 4.75. The Bertz CT molecular complexity index is 510. The van der Waals surface area contributed by atoms with Crippen molar-refractivity contribution in [1.29, 1.82) is 0 Å². The number of carboxylic acid groups (broad SMARTS) is 1. The van der Waals surface area contributed by atoms with Crippen molar-refractivity contribution in [2.75, 3.05) is 11.4 Å². The molecule has 1 aliphatic rings. The van der Waals surface area contributed by atoms with Crippen molar-refractivity contribution in [1.82, 2.24) is 9.55 Å². The van der Waals surface area contributed by atoms with Crippen molar-refractivity contribution < 1.29 is 9.90 Å². The number of carbonyl (C=O) groups is 1. The Morgan fingerprint density at radius 2 is 2.28 bits per heavy atom. The van der Waals surface area contributed by atoms with Crippen molar-refractivity contribution in [2.24, 2.45) is 0 Å². The molecule has 0 amide bonds. The van der Waals surface area contributed by atoms with Gasteiger partial charge in [0.15, 0.2) is 5.82 Å². The molecule has 6 heteroatoms. The Morgan fingerprint density at radius 1 is 1.56 bits per heavy atom. The third-order valence-corrected chi connectivity index (χ3v) is 3.22. The highest BCUT2D eigenvalue weighted by Crippen LogP contribution is 2.21. The van der Waals surface area contributed by atoms with Gasteiger partial charge >= 0.3 is 5.97 Å². The second kappa shape index (κ2) is 4.80. The van der Waals surface area contributed by atoms with E-state index in [9.17, 15) is 9.59 Å². The number of nitrogens with zero attached hydrogens (tertiary/aromatic N) is 3. The van der Waals surface area contributed by atoms with Gasteiger partial charge in [-0.3, -0.25) is 4.79 Å². The Balaban J connectivity index is 2.42. The zero-order valence-corrected chi connectivity index (χ0v) is 10.5. The van der Waals surface area contributed by atoms with Crippen LogP contribution in [-0.2, 0) is 4.79 Å². The summed E-state index contributed by atoms with van der Waals surface area (Å²) in [6, 6.07) is -0.599. The van der Waals surface area contributed by atoms with Gasteiger partial charge < -0.3 is 14.6 Å². The second-order valence-corrected chi connectivity index (χ2v) is 4.75. The molecule has 2 heterocycles. The maximum atomic E-state index is 12.2. The predicted octanol–water partition coefficient (Wildman–Crippen LogP) is 0.878. The lowest BCUT2D eigenvalue weighted by Gasteiger charge is -2.22. The van der Waals surface area contributed by atoms with Gasteiger partial charge in [-0.1, -0.05) is 0 Å². The number of carboxylic acids is 1. The average molecular weight is 251 g/mol. The first-order valence-electron chi connectivity index (χ1n) is 6.09. The molecule has 6 nitrogen and oxygen atoms in total. The van der Waals surface area contributed by atoms with Crippen LogP contribution in [0.4, 0.5) is 5.82 Å². The summed E-state index contributed by atoms with van der Waals surface area (Å²) in [6.45, 7) is 4.38. The van der Waals surface area contributed by atoms with Gasteiger partial charge in [0, 0.05) is 25.0 Å². The number of hydrogen-bond donors (Lipinski definition) is 1. The van der Waals surface area contributed by atoms with Crippen molar-refractivity contribution in [3.8, 4) is 0 Å². The molecule has 0 aromatic carbocycles. The molecular formula is C12H17N3O3. The van der Waals surface area contributed by atoms with E-state index in [0.717, 1.165) is 6.42 Å². The van der Waals surface area contributed by atoms with Crippen LogP contribution in [0.3, 0.4) is 0 Å². The zero-order valence-electron chi connectivity index (χ0n) is 10.5. The number of aromatic nitrogens is 2. The standard InChI is InChI=1S/C12H17N3O3/c1-8(2)14-7-5-13-10(11(14)16)15-6-3-4-9(15)12(17)18/h5,7-9H,3-4,6H2,1-2H3,(H,17,18). The van der Waals surface area contributed by atoms with E-state index in [4.69, 9.17) is 5.11 Å². The monoisotopic (exact) mass is 251 g/mol. The Morgan fingerprint density at radius 3 is 2.89 bits per heavy atom. The first kappa shape index (κ1) is 12.6. The van der Waals surface area contributed by atoms with Crippen LogP contribution < -0.4 is 10.5 Å². The van der Waals surface area contributed by atoms with Gasteiger partial charge in [0.2, 0.25) is 0 Å². The Labute approximate surface area is 105 Å². The summed E-state index contributed by atoms with van der Waals surface area (Å²) in [7, 11) is 0. The normalized spacial score (nSPS) is 19.5. The molecule has 1 atom stereocenters. The largest absolute Gasteiger partial charge is 0.480 e. The molecule has 1 unspecified atom stereocenters. The molecule has 1 N–H and O–H groups in total. The van der Waals surface area contributed by atoms with Crippen molar-refractivity contribution in [2.45, 2.75) is 38.8 Å². The lowest BCUT2D eigenvalue weighted by Crippen LogP contribution is -2.41. The van der Waals surface area contributed by atoms with E-state index in [1.54, 1.807) is 21.9 Å². The summed E-state index contributed by atoms with van der Waals surface area (Å²) in [5.74, 6) is -0.648. The van der Waals surface area contributed by atoms with Crippen molar-refractivity contribution in [3.05, 3.63) is 22.7 Å². The lowest BCUT2D eigenvalue weighted by molar-refractivity contribution is -0.138. The molecule has 18 heavy (non-hydrogen) atoms. The van der Waals surface area contributed by atoms with Gasteiger partial charge in [0.1, 0.15) is 6.04 Å². The predicted molar refractivity (Wildman–Crippen MR) is 66.9 cm³/mol. The molecule has 1 saturated heterocycles. The summed E-state index contributed by atoms with van der Waals surface area (Å²) < 4.78 is 1.57. The first-order chi connectivity index (χ1) is 8.52. The van der Waals surface area contributed by atoms with E-state index in [1.165, 1.54) is 0 Å². The van der Waals surface area contributed by atoms with Crippen LogP contribution >= 0.6 is 0 Å². The summed E-state index contributed by atoms with van der Waals surface area (Å²) >= 11 is 0. The van der Waals surface area contributed by atoms with Crippen LogP contribution in [0.15, 0.2) is 17.2 Å². The molecule has 1 aromatic rings. The third-order valence-electron chi connectivity index (χ3n) is 3.22. The topological polar surface area (TPSA) is 75.4 Å². The fraction of sp³-hybridized carbons (Fsp3) is 0.583. The van der Waals surface area contributed by atoms with Crippen molar-refractivity contribution >= 4 is 11.8 Å². The number of anilines is 1. The van der Waals surface area contributed by atoms with Crippen LogP contribution in [0.1, 0.15) is 32.7 Å². The highest BCUT2D eigenvalue weighted by molar-refractivity contribution is 5.78. The van der Waals surface area contributed by atoms with Gasteiger partial charge in [-0.05, 0) is 26.7 Å². The summed E-state index contributed by atoms with van der Waals surface area (Å²) in [4.78, 5) is 29.0. The van der Waals surface area contributed by atoms with Gasteiger partial charge in [-0.15, -0.1) is 0 Å². The zero-order chi connectivity index (χ0) is 13.3. The Hall–Kier alpha value is -1.85. The third kappa shape index (κ3) is 2.10. The minimum atomic E-state index is -0.895. The van der Waals surface area contributed by atoms with Crippen LogP contribution in [-0.4, -0.2) is 33.2 Å². The fourth-order valence-corrected chi connectivity index (χ4v) is 2.29. The van der Waals surface area contributed by atoms with E-state index in [0.29, 0.717) is 13.0 Å². The van der Waals surface area contributed by atoms with Gasteiger partial charge in [-0.2, -0.15) is 0 Å².